The van der Waals surface area contributed by atoms with Crippen molar-refractivity contribution in [3.05, 3.63) is 99.5 Å². The molecule has 1 N–H and O–H groups in total. The number of methoxy groups -OCH3 is 2. The number of rotatable bonds is 8. The summed E-state index contributed by atoms with van der Waals surface area (Å²) in [5.41, 5.74) is 3.61. The van der Waals surface area contributed by atoms with Crippen molar-refractivity contribution in [3.63, 3.8) is 0 Å². The molecule has 0 aliphatic heterocycles. The third kappa shape index (κ3) is 6.27. The summed E-state index contributed by atoms with van der Waals surface area (Å²) >= 11 is 12.0. The highest BCUT2D eigenvalue weighted by Gasteiger charge is 2.09. The van der Waals surface area contributed by atoms with Gasteiger partial charge in [-0.3, -0.25) is 4.79 Å². The number of hydrogen-bond donors (Lipinski definition) is 1. The number of hydrogen-bond acceptors (Lipinski definition) is 3. The van der Waals surface area contributed by atoms with Crippen LogP contribution in [0.5, 0.6) is 11.5 Å². The van der Waals surface area contributed by atoms with Crippen molar-refractivity contribution in [2.24, 2.45) is 0 Å². The molecule has 0 aliphatic rings. The molecule has 0 radical (unpaired) electrons. The highest BCUT2D eigenvalue weighted by Crippen LogP contribution is 2.28. The van der Waals surface area contributed by atoms with E-state index in [-0.39, 0.29) is 5.91 Å². The Bertz CT molecular complexity index is 1010. The van der Waals surface area contributed by atoms with Crippen LogP contribution in [0.25, 0.3) is 5.57 Å². The number of benzene rings is 3. The molecule has 0 aliphatic carbocycles. The van der Waals surface area contributed by atoms with Gasteiger partial charge in [-0.25, -0.2) is 0 Å². The number of carbonyl (C=O) groups is 1. The van der Waals surface area contributed by atoms with Crippen molar-refractivity contribution >= 4 is 34.7 Å². The van der Waals surface area contributed by atoms with Crippen LogP contribution in [0.15, 0.2) is 72.8 Å². The molecule has 0 saturated carbocycles. The topological polar surface area (TPSA) is 47.6 Å². The summed E-state index contributed by atoms with van der Waals surface area (Å²) in [5, 5.41) is 4.23. The van der Waals surface area contributed by atoms with Crippen LogP contribution in [0.4, 0.5) is 0 Å². The van der Waals surface area contributed by atoms with Crippen LogP contribution in [0, 0.1) is 0 Å². The summed E-state index contributed by atoms with van der Waals surface area (Å²) in [5.74, 6) is 1.16. The Morgan fingerprint density at radius 3 is 1.90 bits per heavy atom. The van der Waals surface area contributed by atoms with Crippen molar-refractivity contribution in [2.45, 2.75) is 6.42 Å². The highest BCUT2D eigenvalue weighted by molar-refractivity contribution is 6.31. The van der Waals surface area contributed by atoms with E-state index in [4.69, 9.17) is 32.7 Å². The first-order valence-corrected chi connectivity index (χ1v) is 10.5. The van der Waals surface area contributed by atoms with Crippen molar-refractivity contribution < 1.29 is 14.3 Å². The molecular formula is C25H23Cl2NO3. The number of ether oxygens (including phenoxy) is 2. The predicted molar refractivity (Wildman–Crippen MR) is 126 cm³/mol. The van der Waals surface area contributed by atoms with E-state index in [9.17, 15) is 4.79 Å². The Kier molecular flexibility index (Phi) is 7.99. The van der Waals surface area contributed by atoms with Gasteiger partial charge in [-0.1, -0.05) is 53.5 Å². The van der Waals surface area contributed by atoms with Gasteiger partial charge in [-0.15, -0.1) is 0 Å². The van der Waals surface area contributed by atoms with Gasteiger partial charge in [0.25, 0.3) is 0 Å². The third-order valence-corrected chi connectivity index (χ3v) is 5.25. The van der Waals surface area contributed by atoms with Gasteiger partial charge in [-0.05, 0) is 65.1 Å². The lowest BCUT2D eigenvalue weighted by molar-refractivity contribution is -0.116. The SMILES string of the molecule is COc1ccc(CCNC(=O)C=C(c2ccc(Cl)cc2)c2ccc(Cl)cc2)cc1OC. The van der Waals surface area contributed by atoms with Gasteiger partial charge in [0.05, 0.1) is 14.2 Å². The molecule has 0 atom stereocenters. The molecule has 0 heterocycles. The largest absolute Gasteiger partial charge is 0.493 e. The molecule has 160 valence electrons. The molecule has 1 amide bonds. The molecule has 0 fully saturated rings. The molecule has 6 heteroatoms. The van der Waals surface area contributed by atoms with Gasteiger partial charge in [0.15, 0.2) is 11.5 Å². The number of nitrogens with one attached hydrogen (secondary N) is 1. The Morgan fingerprint density at radius 2 is 1.39 bits per heavy atom. The Labute approximate surface area is 192 Å². The average Bonchev–Trinajstić information content (AvgIpc) is 2.78. The van der Waals surface area contributed by atoms with Crippen LogP contribution in [-0.2, 0) is 11.2 Å². The number of halogens is 2. The summed E-state index contributed by atoms with van der Waals surface area (Å²) in [6, 6.07) is 20.5. The van der Waals surface area contributed by atoms with Crippen LogP contribution in [0.3, 0.4) is 0 Å². The summed E-state index contributed by atoms with van der Waals surface area (Å²) in [6.45, 7) is 0.485. The van der Waals surface area contributed by atoms with Crippen molar-refractivity contribution in [2.75, 3.05) is 20.8 Å². The maximum atomic E-state index is 12.7. The fourth-order valence-electron chi connectivity index (χ4n) is 3.14. The van der Waals surface area contributed by atoms with Crippen molar-refractivity contribution in [1.82, 2.24) is 5.32 Å². The molecule has 3 aromatic carbocycles. The first-order chi connectivity index (χ1) is 15.0. The summed E-state index contributed by atoms with van der Waals surface area (Å²) < 4.78 is 10.6. The zero-order valence-corrected chi connectivity index (χ0v) is 18.8. The first kappa shape index (κ1) is 22.7. The van der Waals surface area contributed by atoms with Crippen LogP contribution in [-0.4, -0.2) is 26.7 Å². The Hall–Kier alpha value is -2.95. The molecular weight excluding hydrogens is 433 g/mol. The number of carbonyl (C=O) groups excluding carboxylic acids is 1. The summed E-state index contributed by atoms with van der Waals surface area (Å²) in [4.78, 5) is 12.7. The molecule has 31 heavy (non-hydrogen) atoms. The Morgan fingerprint density at radius 1 is 0.839 bits per heavy atom. The van der Waals surface area contributed by atoms with E-state index in [0.29, 0.717) is 34.5 Å². The number of amides is 1. The minimum absolute atomic E-state index is 0.180. The lowest BCUT2D eigenvalue weighted by Gasteiger charge is -2.11. The second-order valence-electron chi connectivity index (χ2n) is 6.80. The van der Waals surface area contributed by atoms with E-state index in [0.717, 1.165) is 22.3 Å². The van der Waals surface area contributed by atoms with Gasteiger partial charge >= 0.3 is 0 Å². The maximum absolute atomic E-state index is 12.7. The molecule has 0 unspecified atom stereocenters. The zero-order valence-electron chi connectivity index (χ0n) is 17.3. The van der Waals surface area contributed by atoms with E-state index >= 15 is 0 Å². The van der Waals surface area contributed by atoms with Crippen LogP contribution < -0.4 is 14.8 Å². The lowest BCUT2D eigenvalue weighted by atomic mass is 9.97. The summed E-state index contributed by atoms with van der Waals surface area (Å²) in [6.07, 6.45) is 2.26. The van der Waals surface area contributed by atoms with Crippen LogP contribution in [0.1, 0.15) is 16.7 Å². The molecule has 4 nitrogen and oxygen atoms in total. The Balaban J connectivity index is 1.73. The second-order valence-corrected chi connectivity index (χ2v) is 7.68. The minimum atomic E-state index is -0.180. The van der Waals surface area contributed by atoms with E-state index in [2.05, 4.69) is 5.32 Å². The van der Waals surface area contributed by atoms with Gasteiger partial charge in [0.2, 0.25) is 5.91 Å². The fraction of sp³-hybridized carbons (Fsp3) is 0.160. The van der Waals surface area contributed by atoms with E-state index in [1.807, 2.05) is 42.5 Å². The quantitative estimate of drug-likeness (QED) is 0.436. The molecule has 3 rings (SSSR count). The van der Waals surface area contributed by atoms with Gasteiger partial charge < -0.3 is 14.8 Å². The molecule has 0 saturated heterocycles. The normalized spacial score (nSPS) is 10.3. The average molecular weight is 456 g/mol. The molecule has 0 spiro atoms. The smallest absolute Gasteiger partial charge is 0.244 e. The van der Waals surface area contributed by atoms with Crippen LogP contribution >= 0.6 is 23.2 Å². The van der Waals surface area contributed by atoms with Gasteiger partial charge in [0.1, 0.15) is 0 Å². The second kappa shape index (κ2) is 10.9. The molecule has 3 aromatic rings. The first-order valence-electron chi connectivity index (χ1n) is 9.72. The highest BCUT2D eigenvalue weighted by atomic mass is 35.5. The third-order valence-electron chi connectivity index (χ3n) is 4.75. The molecule has 0 aromatic heterocycles. The van der Waals surface area contributed by atoms with E-state index in [1.165, 1.54) is 0 Å². The van der Waals surface area contributed by atoms with Gasteiger partial charge in [0, 0.05) is 22.7 Å². The van der Waals surface area contributed by atoms with E-state index in [1.54, 1.807) is 44.6 Å². The van der Waals surface area contributed by atoms with Crippen molar-refractivity contribution in [1.29, 1.82) is 0 Å². The fourth-order valence-corrected chi connectivity index (χ4v) is 3.39. The summed E-state index contributed by atoms with van der Waals surface area (Å²) in [7, 11) is 3.20. The predicted octanol–water partition coefficient (Wildman–Crippen LogP) is 5.80. The molecule has 0 bridgehead atoms. The standard InChI is InChI=1S/C25H23Cl2NO3/c1-30-23-12-3-17(15-24(23)31-2)13-14-28-25(29)16-22(18-4-8-20(26)9-5-18)19-6-10-21(27)11-7-19/h3-12,15-16H,13-14H2,1-2H3,(H,28,29). The lowest BCUT2D eigenvalue weighted by Crippen LogP contribution is -2.24. The van der Waals surface area contributed by atoms with E-state index < -0.39 is 0 Å². The minimum Gasteiger partial charge on any atom is -0.493 e. The zero-order chi connectivity index (χ0) is 22.2. The van der Waals surface area contributed by atoms with Gasteiger partial charge in [-0.2, -0.15) is 0 Å². The maximum Gasteiger partial charge on any atom is 0.244 e. The van der Waals surface area contributed by atoms with Crippen molar-refractivity contribution in [3.8, 4) is 11.5 Å². The van der Waals surface area contributed by atoms with Crippen LogP contribution in [0.2, 0.25) is 10.0 Å². The monoisotopic (exact) mass is 455 g/mol.